The predicted molar refractivity (Wildman–Crippen MR) is 218 cm³/mol. The van der Waals surface area contributed by atoms with Crippen LogP contribution >= 0.6 is 0 Å². The minimum atomic E-state index is 0.604. The van der Waals surface area contributed by atoms with Crippen LogP contribution in [0.15, 0.2) is 203 Å². The second-order valence-electron chi connectivity index (χ2n) is 13.2. The number of para-hydroxylation sites is 1. The van der Waals surface area contributed by atoms with E-state index in [4.69, 9.17) is 13.8 Å². The molecule has 0 amide bonds. The monoisotopic (exact) mass is 680 g/mol. The highest BCUT2D eigenvalue weighted by atomic mass is 16.4. The van der Waals surface area contributed by atoms with E-state index in [-0.39, 0.29) is 0 Å². The summed E-state index contributed by atoms with van der Waals surface area (Å²) in [6.07, 6.45) is 0. The Morgan fingerprint density at radius 2 is 0.774 bits per heavy atom. The lowest BCUT2D eigenvalue weighted by molar-refractivity contribution is 0.620. The zero-order valence-electron chi connectivity index (χ0n) is 28.7. The average Bonchev–Trinajstić information content (AvgIpc) is 3.82. The second-order valence-corrected chi connectivity index (χ2v) is 13.2. The van der Waals surface area contributed by atoms with Gasteiger partial charge in [0.1, 0.15) is 16.7 Å². The molecule has 2 aromatic heterocycles. The van der Waals surface area contributed by atoms with Gasteiger partial charge in [0, 0.05) is 39.5 Å². The Kier molecular flexibility index (Phi) is 7.43. The number of anilines is 3. The summed E-state index contributed by atoms with van der Waals surface area (Å²) in [5.74, 6) is 0.604. The number of fused-ring (bicyclic) bond motifs is 4. The van der Waals surface area contributed by atoms with Gasteiger partial charge in [-0.25, -0.2) is 4.98 Å². The number of oxazole rings is 1. The van der Waals surface area contributed by atoms with Crippen LogP contribution in [0.4, 0.5) is 17.1 Å². The van der Waals surface area contributed by atoms with Gasteiger partial charge >= 0.3 is 0 Å². The van der Waals surface area contributed by atoms with Crippen molar-refractivity contribution in [3.8, 4) is 44.8 Å². The lowest BCUT2D eigenvalue weighted by Gasteiger charge is -2.26. The molecule has 0 atom stereocenters. The van der Waals surface area contributed by atoms with E-state index in [0.717, 1.165) is 66.8 Å². The molecule has 0 aliphatic carbocycles. The first-order valence-electron chi connectivity index (χ1n) is 17.8. The van der Waals surface area contributed by atoms with Gasteiger partial charge in [0.15, 0.2) is 5.58 Å². The van der Waals surface area contributed by atoms with Crippen LogP contribution in [-0.2, 0) is 0 Å². The molecule has 0 unspecified atom stereocenters. The van der Waals surface area contributed by atoms with Crippen molar-refractivity contribution in [2.45, 2.75) is 0 Å². The number of nitrogens with zero attached hydrogens (tertiary/aromatic N) is 2. The third kappa shape index (κ3) is 5.73. The fourth-order valence-electron chi connectivity index (χ4n) is 7.20. The Bertz CT molecular complexity index is 2840. The summed E-state index contributed by atoms with van der Waals surface area (Å²) in [6.45, 7) is 0. The summed E-state index contributed by atoms with van der Waals surface area (Å²) in [7, 11) is 0. The van der Waals surface area contributed by atoms with E-state index in [0.29, 0.717) is 5.89 Å². The van der Waals surface area contributed by atoms with Gasteiger partial charge in [-0.3, -0.25) is 0 Å². The summed E-state index contributed by atoms with van der Waals surface area (Å²) in [5, 5.41) is 2.05. The molecule has 0 N–H and O–H groups in total. The topological polar surface area (TPSA) is 42.4 Å². The standard InChI is InChI=1S/C49H32N2O2/c1-4-10-33(11-5-1)34-16-18-35(19-17-34)36-20-25-41(26-21-36)51(40-14-8-3-9-15-40)42-27-22-37(23-28-42)39-24-29-46-43(30-39)44-31-48-45(32-47(44)52-46)50-49(53-48)38-12-6-2-7-13-38/h1-32H. The van der Waals surface area contributed by atoms with Crippen LogP contribution in [0.5, 0.6) is 0 Å². The van der Waals surface area contributed by atoms with Crippen molar-refractivity contribution in [2.75, 3.05) is 4.90 Å². The molecule has 0 radical (unpaired) electrons. The second kappa shape index (κ2) is 12.9. The molecule has 0 aliphatic heterocycles. The molecule has 0 saturated heterocycles. The van der Waals surface area contributed by atoms with Gasteiger partial charge in [-0.1, -0.05) is 121 Å². The van der Waals surface area contributed by atoms with Crippen LogP contribution in [-0.4, -0.2) is 4.98 Å². The fraction of sp³-hybridized carbons (Fsp3) is 0. The summed E-state index contributed by atoms with van der Waals surface area (Å²) in [4.78, 5) is 7.03. The molecule has 0 saturated carbocycles. The molecule has 0 fully saturated rings. The number of furan rings is 1. The number of rotatable bonds is 7. The zero-order chi connectivity index (χ0) is 35.1. The third-order valence-electron chi connectivity index (χ3n) is 9.92. The van der Waals surface area contributed by atoms with Crippen molar-refractivity contribution in [2.24, 2.45) is 0 Å². The molecule has 4 heteroatoms. The highest BCUT2D eigenvalue weighted by Gasteiger charge is 2.16. The zero-order valence-corrected chi connectivity index (χ0v) is 28.7. The first-order valence-corrected chi connectivity index (χ1v) is 17.8. The SMILES string of the molecule is c1ccc(-c2ccc(-c3ccc(N(c4ccccc4)c4ccc(-c5ccc6oc7cc8nc(-c9ccccc9)oc8cc7c6c5)cc4)cc3)cc2)cc1. The van der Waals surface area contributed by atoms with Crippen molar-refractivity contribution in [3.63, 3.8) is 0 Å². The molecular formula is C49H32N2O2. The molecule has 250 valence electrons. The molecule has 0 spiro atoms. The minimum absolute atomic E-state index is 0.604. The lowest BCUT2D eigenvalue weighted by atomic mass is 10.00. The van der Waals surface area contributed by atoms with Gasteiger partial charge in [-0.15, -0.1) is 0 Å². The predicted octanol–water partition coefficient (Wildman–Crippen LogP) is 13.9. The maximum Gasteiger partial charge on any atom is 0.227 e. The fourth-order valence-corrected chi connectivity index (χ4v) is 7.20. The van der Waals surface area contributed by atoms with Crippen molar-refractivity contribution in [1.82, 2.24) is 4.98 Å². The largest absolute Gasteiger partial charge is 0.456 e. The number of benzene rings is 8. The van der Waals surface area contributed by atoms with Gasteiger partial charge in [-0.2, -0.15) is 0 Å². The first-order chi connectivity index (χ1) is 26.2. The van der Waals surface area contributed by atoms with Crippen LogP contribution in [0.2, 0.25) is 0 Å². The minimum Gasteiger partial charge on any atom is -0.456 e. The highest BCUT2D eigenvalue weighted by Crippen LogP contribution is 2.39. The van der Waals surface area contributed by atoms with Gasteiger partial charge in [-0.05, 0) is 100 Å². The number of hydrogen-bond donors (Lipinski definition) is 0. The van der Waals surface area contributed by atoms with Crippen LogP contribution in [0.25, 0.3) is 77.9 Å². The molecule has 10 rings (SSSR count). The van der Waals surface area contributed by atoms with Crippen LogP contribution < -0.4 is 4.90 Å². The van der Waals surface area contributed by atoms with E-state index in [1.165, 1.54) is 22.3 Å². The van der Waals surface area contributed by atoms with E-state index in [1.54, 1.807) is 0 Å². The van der Waals surface area contributed by atoms with Crippen molar-refractivity contribution in [3.05, 3.63) is 194 Å². The van der Waals surface area contributed by atoms with E-state index in [1.807, 2.05) is 48.5 Å². The van der Waals surface area contributed by atoms with Crippen molar-refractivity contribution < 1.29 is 8.83 Å². The van der Waals surface area contributed by atoms with E-state index in [9.17, 15) is 0 Å². The maximum absolute atomic E-state index is 6.29. The Hall–Kier alpha value is -7.17. The van der Waals surface area contributed by atoms with Crippen molar-refractivity contribution >= 4 is 50.1 Å². The molecule has 10 aromatic rings. The molecular weight excluding hydrogens is 649 g/mol. The first kappa shape index (κ1) is 30.6. The molecule has 8 aromatic carbocycles. The Balaban J connectivity index is 0.957. The molecule has 0 bridgehead atoms. The Morgan fingerprint density at radius 3 is 1.38 bits per heavy atom. The van der Waals surface area contributed by atoms with E-state index >= 15 is 0 Å². The van der Waals surface area contributed by atoms with Gasteiger partial charge < -0.3 is 13.7 Å². The van der Waals surface area contributed by atoms with Crippen molar-refractivity contribution in [1.29, 1.82) is 0 Å². The van der Waals surface area contributed by atoms with E-state index < -0.39 is 0 Å². The smallest absolute Gasteiger partial charge is 0.227 e. The summed E-state index contributed by atoms with van der Waals surface area (Å²) in [6, 6.07) is 67.8. The summed E-state index contributed by atoms with van der Waals surface area (Å²) in [5.41, 5.74) is 14.4. The third-order valence-corrected chi connectivity index (χ3v) is 9.92. The Labute approximate surface area is 306 Å². The van der Waals surface area contributed by atoms with E-state index in [2.05, 4.69) is 150 Å². The lowest BCUT2D eigenvalue weighted by Crippen LogP contribution is -2.09. The number of hydrogen-bond acceptors (Lipinski definition) is 4. The Morgan fingerprint density at radius 1 is 0.321 bits per heavy atom. The van der Waals surface area contributed by atoms with Crippen LogP contribution in [0.3, 0.4) is 0 Å². The van der Waals surface area contributed by atoms with Crippen LogP contribution in [0.1, 0.15) is 0 Å². The van der Waals surface area contributed by atoms with Gasteiger partial charge in [0.2, 0.25) is 5.89 Å². The molecule has 53 heavy (non-hydrogen) atoms. The summed E-state index contributed by atoms with van der Waals surface area (Å²) >= 11 is 0. The maximum atomic E-state index is 6.29. The summed E-state index contributed by atoms with van der Waals surface area (Å²) < 4.78 is 12.5. The molecule has 0 aliphatic rings. The molecule has 4 nitrogen and oxygen atoms in total. The van der Waals surface area contributed by atoms with Gasteiger partial charge in [0.05, 0.1) is 0 Å². The van der Waals surface area contributed by atoms with Crippen LogP contribution in [0, 0.1) is 0 Å². The average molecular weight is 681 g/mol. The highest BCUT2D eigenvalue weighted by molar-refractivity contribution is 6.10. The quantitative estimate of drug-likeness (QED) is 0.168. The normalized spacial score (nSPS) is 11.4. The molecule has 2 heterocycles. The number of aromatic nitrogens is 1. The van der Waals surface area contributed by atoms with Gasteiger partial charge in [0.25, 0.3) is 0 Å².